The van der Waals surface area contributed by atoms with E-state index in [1.165, 1.54) is 19.2 Å². The minimum atomic E-state index is -0.502. The molecule has 15 heavy (non-hydrogen) atoms. The molecule has 0 aromatic heterocycles. The molecule has 1 amide bonds. The zero-order chi connectivity index (χ0) is 12.3. The molecular formula is C10H16N2O3. The summed E-state index contributed by atoms with van der Waals surface area (Å²) in [5.41, 5.74) is 4.64. The molecule has 0 aliphatic carbocycles. The second-order valence-electron chi connectivity index (χ2n) is 2.18. The van der Waals surface area contributed by atoms with Gasteiger partial charge in [-0.15, -0.1) is 0 Å². The maximum atomic E-state index is 10.9. The Morgan fingerprint density at radius 3 is 2.40 bits per heavy atom. The van der Waals surface area contributed by atoms with Crippen LogP contribution in [0.3, 0.4) is 0 Å². The third-order valence-corrected chi connectivity index (χ3v) is 1.14. The largest absolute Gasteiger partial charge is 0.506 e. The van der Waals surface area contributed by atoms with E-state index in [0.29, 0.717) is 6.29 Å². The van der Waals surface area contributed by atoms with Gasteiger partial charge in [-0.1, -0.05) is 19.2 Å². The molecule has 0 atom stereocenters. The van der Waals surface area contributed by atoms with Gasteiger partial charge in [0.1, 0.15) is 12.0 Å². The number of aliphatic hydroxyl groups is 1. The van der Waals surface area contributed by atoms with E-state index in [9.17, 15) is 9.59 Å². The molecule has 0 aromatic rings. The van der Waals surface area contributed by atoms with Crippen LogP contribution >= 0.6 is 0 Å². The van der Waals surface area contributed by atoms with Gasteiger partial charge in [-0.2, -0.15) is 0 Å². The first-order valence-electron chi connectivity index (χ1n) is 4.14. The molecule has 0 unspecified atom stereocenters. The fraction of sp³-hybridized carbons (Fsp3) is 0.200. The first-order valence-corrected chi connectivity index (χ1v) is 4.14. The molecule has 0 fully saturated rings. The molecule has 0 saturated heterocycles. The molecule has 0 aromatic carbocycles. The van der Waals surface area contributed by atoms with E-state index >= 15 is 0 Å². The van der Waals surface area contributed by atoms with Gasteiger partial charge in [0.25, 0.3) is 0 Å². The third-order valence-electron chi connectivity index (χ3n) is 1.14. The van der Waals surface area contributed by atoms with Crippen LogP contribution in [0.5, 0.6) is 0 Å². The maximum absolute atomic E-state index is 10.9. The van der Waals surface area contributed by atoms with Gasteiger partial charge >= 0.3 is 0 Å². The Hall–Kier alpha value is -1.88. The molecule has 0 rings (SSSR count). The van der Waals surface area contributed by atoms with Crippen molar-refractivity contribution in [2.45, 2.75) is 6.42 Å². The number of nitrogens with two attached hydrogens (primary N) is 1. The molecule has 0 heterocycles. The summed E-state index contributed by atoms with van der Waals surface area (Å²) >= 11 is 0. The van der Waals surface area contributed by atoms with Gasteiger partial charge in [0, 0.05) is 0 Å². The van der Waals surface area contributed by atoms with Crippen molar-refractivity contribution in [3.63, 3.8) is 0 Å². The molecule has 4 N–H and O–H groups in total. The van der Waals surface area contributed by atoms with E-state index in [1.807, 2.05) is 0 Å². The van der Waals surface area contributed by atoms with Crippen molar-refractivity contribution in [1.29, 1.82) is 0 Å². The SMILES string of the molecule is C=C/C=C(/NC(=O)CC=O)C(=C)O.CN. The van der Waals surface area contributed by atoms with Gasteiger partial charge in [-0.3, -0.25) is 4.79 Å². The number of nitrogens with one attached hydrogen (secondary N) is 1. The molecule has 0 radical (unpaired) electrons. The average Bonchev–Trinajstić information content (AvgIpc) is 2.20. The van der Waals surface area contributed by atoms with Crippen molar-refractivity contribution in [2.24, 2.45) is 5.73 Å². The van der Waals surface area contributed by atoms with Crippen LogP contribution in [0, 0.1) is 0 Å². The van der Waals surface area contributed by atoms with E-state index in [2.05, 4.69) is 24.2 Å². The molecule has 0 aliphatic heterocycles. The predicted octanol–water partition coefficient (Wildman–Crippen LogP) is 0.408. The number of aliphatic hydroxyl groups excluding tert-OH is 1. The number of aldehydes is 1. The average molecular weight is 212 g/mol. The van der Waals surface area contributed by atoms with Crippen molar-refractivity contribution in [3.8, 4) is 0 Å². The summed E-state index contributed by atoms with van der Waals surface area (Å²) in [6.07, 6.45) is 2.99. The summed E-state index contributed by atoms with van der Waals surface area (Å²) < 4.78 is 0. The summed E-state index contributed by atoms with van der Waals surface area (Å²) in [6, 6.07) is 0. The molecular weight excluding hydrogens is 196 g/mol. The smallest absolute Gasteiger partial charge is 0.231 e. The number of carbonyl (C=O) groups is 2. The van der Waals surface area contributed by atoms with Crippen LogP contribution in [0.1, 0.15) is 6.42 Å². The number of amides is 1. The Bertz CT molecular complexity index is 270. The highest BCUT2D eigenvalue weighted by Gasteiger charge is 2.04. The van der Waals surface area contributed by atoms with Crippen LogP contribution in [0.2, 0.25) is 0 Å². The normalized spacial score (nSPS) is 9.33. The highest BCUT2D eigenvalue weighted by atomic mass is 16.3. The van der Waals surface area contributed by atoms with Crippen LogP contribution in [0.25, 0.3) is 0 Å². The Morgan fingerprint density at radius 1 is 1.53 bits per heavy atom. The molecule has 5 heteroatoms. The number of rotatable bonds is 5. The highest BCUT2D eigenvalue weighted by Crippen LogP contribution is 1.99. The van der Waals surface area contributed by atoms with Crippen molar-refractivity contribution < 1.29 is 14.7 Å². The number of hydrogen-bond donors (Lipinski definition) is 3. The molecule has 84 valence electrons. The summed E-state index contributed by atoms with van der Waals surface area (Å²) in [5, 5.41) is 11.2. The minimum absolute atomic E-state index is 0.141. The van der Waals surface area contributed by atoms with E-state index in [-0.39, 0.29) is 17.9 Å². The van der Waals surface area contributed by atoms with E-state index in [4.69, 9.17) is 5.11 Å². The molecule has 0 saturated carbocycles. The van der Waals surface area contributed by atoms with Gasteiger partial charge in [0.15, 0.2) is 0 Å². The van der Waals surface area contributed by atoms with Crippen LogP contribution in [-0.2, 0) is 9.59 Å². The molecule has 0 spiro atoms. The highest BCUT2D eigenvalue weighted by molar-refractivity contribution is 5.89. The third kappa shape index (κ3) is 8.45. The Morgan fingerprint density at radius 2 is 2.07 bits per heavy atom. The van der Waals surface area contributed by atoms with Crippen molar-refractivity contribution in [2.75, 3.05) is 7.05 Å². The second-order valence-corrected chi connectivity index (χ2v) is 2.18. The number of hydrogen-bond acceptors (Lipinski definition) is 4. The van der Waals surface area contributed by atoms with Crippen molar-refractivity contribution >= 4 is 12.2 Å². The fourth-order valence-electron chi connectivity index (χ4n) is 0.605. The summed E-state index contributed by atoms with van der Waals surface area (Å²) in [5.74, 6) is -0.780. The lowest BCUT2D eigenvalue weighted by molar-refractivity contribution is -0.123. The van der Waals surface area contributed by atoms with Crippen molar-refractivity contribution in [3.05, 3.63) is 36.8 Å². The topological polar surface area (TPSA) is 92.4 Å². The van der Waals surface area contributed by atoms with E-state index in [0.717, 1.165) is 0 Å². The van der Waals surface area contributed by atoms with E-state index in [1.54, 1.807) is 0 Å². The van der Waals surface area contributed by atoms with Gasteiger partial charge < -0.3 is 21.0 Å². The van der Waals surface area contributed by atoms with Gasteiger partial charge in [0.2, 0.25) is 5.91 Å². The minimum Gasteiger partial charge on any atom is -0.506 e. The van der Waals surface area contributed by atoms with Crippen LogP contribution in [-0.4, -0.2) is 24.3 Å². The Balaban J connectivity index is 0. The lowest BCUT2D eigenvalue weighted by Gasteiger charge is -2.05. The van der Waals surface area contributed by atoms with Gasteiger partial charge in [-0.05, 0) is 13.1 Å². The molecule has 0 bridgehead atoms. The first kappa shape index (κ1) is 15.6. The number of carbonyl (C=O) groups excluding carboxylic acids is 2. The van der Waals surface area contributed by atoms with Gasteiger partial charge in [-0.25, -0.2) is 0 Å². The second kappa shape index (κ2) is 10.2. The zero-order valence-electron chi connectivity index (χ0n) is 8.69. The standard InChI is InChI=1S/C9H11NO3.CH5N/c1-3-4-8(7(2)12)10-9(13)5-6-11;1-2/h3-4,6,12H,1-2,5H2,(H,10,13);2H2,1H3/b8-4+;. The molecule has 0 aliphatic rings. The van der Waals surface area contributed by atoms with Crippen molar-refractivity contribution in [1.82, 2.24) is 5.32 Å². The lowest BCUT2D eigenvalue weighted by Crippen LogP contribution is -2.23. The number of allylic oxidation sites excluding steroid dienone is 2. The predicted molar refractivity (Wildman–Crippen MR) is 59.0 cm³/mol. The van der Waals surface area contributed by atoms with Crippen LogP contribution in [0.15, 0.2) is 36.8 Å². The van der Waals surface area contributed by atoms with Crippen LogP contribution < -0.4 is 11.1 Å². The van der Waals surface area contributed by atoms with E-state index < -0.39 is 5.91 Å². The quantitative estimate of drug-likeness (QED) is 0.266. The lowest BCUT2D eigenvalue weighted by atomic mass is 10.3. The van der Waals surface area contributed by atoms with Gasteiger partial charge in [0.05, 0.1) is 12.1 Å². The summed E-state index contributed by atoms with van der Waals surface area (Å²) in [7, 11) is 1.50. The summed E-state index contributed by atoms with van der Waals surface area (Å²) in [4.78, 5) is 20.8. The Kier molecular flexibility index (Phi) is 10.6. The molecule has 5 nitrogen and oxygen atoms in total. The fourth-order valence-corrected chi connectivity index (χ4v) is 0.605. The zero-order valence-corrected chi connectivity index (χ0v) is 8.69. The summed E-state index contributed by atoms with van der Waals surface area (Å²) in [6.45, 7) is 6.61. The Labute approximate surface area is 89.0 Å². The van der Waals surface area contributed by atoms with Crippen LogP contribution in [0.4, 0.5) is 0 Å². The first-order chi connectivity index (χ1) is 7.11. The maximum Gasteiger partial charge on any atom is 0.231 e. The monoisotopic (exact) mass is 212 g/mol.